The molecule has 0 saturated heterocycles. The average molecular weight is 252 g/mol. The highest BCUT2D eigenvalue weighted by molar-refractivity contribution is 5.52. The summed E-state index contributed by atoms with van der Waals surface area (Å²) in [4.78, 5) is 0. The van der Waals surface area contributed by atoms with E-state index in [0.29, 0.717) is 5.92 Å². The molecule has 1 heteroatoms. The molecule has 0 heterocycles. The Hall–Kier alpha value is -2.02. The lowest BCUT2D eigenvalue weighted by molar-refractivity contribution is 0.415. The number of hydrogen-bond donors (Lipinski definition) is 0. The van der Waals surface area contributed by atoms with Gasteiger partial charge < -0.3 is 4.74 Å². The first-order valence-electron chi connectivity index (χ1n) is 6.70. The van der Waals surface area contributed by atoms with Crippen molar-refractivity contribution in [3.05, 3.63) is 71.8 Å². The predicted octanol–water partition coefficient (Wildman–Crippen LogP) is 4.90. The summed E-state index contributed by atoms with van der Waals surface area (Å²) in [6.45, 7) is 2.22. The van der Waals surface area contributed by atoms with Crippen molar-refractivity contribution in [2.24, 2.45) is 0 Å². The Balaban J connectivity index is 2.11. The summed E-state index contributed by atoms with van der Waals surface area (Å²) in [5.74, 6) is 1.37. The van der Waals surface area contributed by atoms with Crippen molar-refractivity contribution in [2.75, 3.05) is 7.11 Å². The third-order valence-electron chi connectivity index (χ3n) is 3.30. The van der Waals surface area contributed by atoms with Gasteiger partial charge in [-0.3, -0.25) is 0 Å². The largest absolute Gasteiger partial charge is 0.497 e. The van der Waals surface area contributed by atoms with Gasteiger partial charge in [-0.25, -0.2) is 0 Å². The maximum atomic E-state index is 5.16. The van der Waals surface area contributed by atoms with Crippen LogP contribution in [0.1, 0.15) is 30.4 Å². The molecule has 0 amide bonds. The number of methoxy groups -OCH3 is 1. The normalized spacial score (nSPS) is 12.5. The van der Waals surface area contributed by atoms with Crippen molar-refractivity contribution in [3.63, 3.8) is 0 Å². The fourth-order valence-corrected chi connectivity index (χ4v) is 2.13. The van der Waals surface area contributed by atoms with Crippen LogP contribution in [0.3, 0.4) is 0 Å². The number of ether oxygens (including phenoxy) is 1. The van der Waals surface area contributed by atoms with Gasteiger partial charge in [0.15, 0.2) is 0 Å². The lowest BCUT2D eigenvalue weighted by Gasteiger charge is -2.10. The van der Waals surface area contributed by atoms with Crippen LogP contribution in [0.25, 0.3) is 6.08 Å². The summed E-state index contributed by atoms with van der Waals surface area (Å²) in [6, 6.07) is 18.8. The number of allylic oxidation sites excluding steroid dienone is 1. The number of benzene rings is 2. The molecular formula is C18H20O. The van der Waals surface area contributed by atoms with Crippen molar-refractivity contribution >= 4 is 6.08 Å². The Bertz CT molecular complexity index is 511. The van der Waals surface area contributed by atoms with Crippen LogP contribution < -0.4 is 4.74 Å². The molecule has 0 aliphatic carbocycles. The van der Waals surface area contributed by atoms with E-state index in [2.05, 4.69) is 61.5 Å². The zero-order chi connectivity index (χ0) is 13.5. The van der Waals surface area contributed by atoms with E-state index in [9.17, 15) is 0 Å². The lowest BCUT2D eigenvalue weighted by Crippen LogP contribution is -1.92. The third kappa shape index (κ3) is 3.72. The molecule has 2 aromatic carbocycles. The summed E-state index contributed by atoms with van der Waals surface area (Å²) in [6.07, 6.45) is 5.56. The van der Waals surface area contributed by atoms with E-state index in [1.165, 1.54) is 11.1 Å². The monoisotopic (exact) mass is 252 g/mol. The van der Waals surface area contributed by atoms with Gasteiger partial charge in [-0.1, -0.05) is 61.5 Å². The highest BCUT2D eigenvalue weighted by atomic mass is 16.5. The van der Waals surface area contributed by atoms with Gasteiger partial charge in [0, 0.05) is 5.92 Å². The SMILES string of the molecule is CC[C@@H](/C=C/c1ccc(OC)cc1)c1ccccc1. The third-order valence-corrected chi connectivity index (χ3v) is 3.30. The van der Waals surface area contributed by atoms with Gasteiger partial charge in [-0.2, -0.15) is 0 Å². The molecule has 19 heavy (non-hydrogen) atoms. The fraction of sp³-hybridized carbons (Fsp3) is 0.222. The molecule has 0 aliphatic rings. The maximum absolute atomic E-state index is 5.16. The van der Waals surface area contributed by atoms with Crippen molar-refractivity contribution in [1.29, 1.82) is 0 Å². The molecule has 1 nitrogen and oxygen atoms in total. The lowest BCUT2D eigenvalue weighted by atomic mass is 9.95. The summed E-state index contributed by atoms with van der Waals surface area (Å²) in [5.41, 5.74) is 2.57. The van der Waals surface area contributed by atoms with Crippen LogP contribution >= 0.6 is 0 Å². The van der Waals surface area contributed by atoms with E-state index in [1.807, 2.05) is 12.1 Å². The van der Waals surface area contributed by atoms with E-state index in [4.69, 9.17) is 4.74 Å². The molecular weight excluding hydrogens is 232 g/mol. The van der Waals surface area contributed by atoms with E-state index in [-0.39, 0.29) is 0 Å². The van der Waals surface area contributed by atoms with Gasteiger partial charge in [0.05, 0.1) is 7.11 Å². The summed E-state index contributed by atoms with van der Waals surface area (Å²) < 4.78 is 5.16. The Kier molecular flexibility index (Phi) is 4.79. The molecule has 0 N–H and O–H groups in total. The molecule has 98 valence electrons. The van der Waals surface area contributed by atoms with Gasteiger partial charge >= 0.3 is 0 Å². The second-order valence-corrected chi connectivity index (χ2v) is 4.56. The maximum Gasteiger partial charge on any atom is 0.118 e. The molecule has 0 aromatic heterocycles. The predicted molar refractivity (Wildman–Crippen MR) is 81.5 cm³/mol. The van der Waals surface area contributed by atoms with Crippen LogP contribution in [0, 0.1) is 0 Å². The first kappa shape index (κ1) is 13.4. The van der Waals surface area contributed by atoms with Crippen molar-refractivity contribution in [2.45, 2.75) is 19.3 Å². The van der Waals surface area contributed by atoms with E-state index in [0.717, 1.165) is 12.2 Å². The minimum atomic E-state index is 0.475. The quantitative estimate of drug-likeness (QED) is 0.735. The second-order valence-electron chi connectivity index (χ2n) is 4.56. The molecule has 0 spiro atoms. The fourth-order valence-electron chi connectivity index (χ4n) is 2.13. The van der Waals surface area contributed by atoms with E-state index in [1.54, 1.807) is 7.11 Å². The summed E-state index contributed by atoms with van der Waals surface area (Å²) in [7, 11) is 1.69. The molecule has 0 aliphatic heterocycles. The van der Waals surface area contributed by atoms with Crippen molar-refractivity contribution in [3.8, 4) is 5.75 Å². The standard InChI is InChI=1S/C18H20O/c1-3-16(17-7-5-4-6-8-17)12-9-15-10-13-18(19-2)14-11-15/h4-14,16H,3H2,1-2H3/b12-9+/t16-/m0/s1. The Labute approximate surface area is 115 Å². The minimum absolute atomic E-state index is 0.475. The van der Waals surface area contributed by atoms with Crippen LogP contribution in [0.4, 0.5) is 0 Å². The van der Waals surface area contributed by atoms with Gasteiger partial charge in [0.2, 0.25) is 0 Å². The zero-order valence-electron chi connectivity index (χ0n) is 11.5. The highest BCUT2D eigenvalue weighted by Crippen LogP contribution is 2.22. The topological polar surface area (TPSA) is 9.23 Å². The molecule has 0 fully saturated rings. The zero-order valence-corrected chi connectivity index (χ0v) is 11.5. The molecule has 0 saturated carbocycles. The summed E-state index contributed by atoms with van der Waals surface area (Å²) in [5, 5.41) is 0. The molecule has 2 aromatic rings. The van der Waals surface area contributed by atoms with Crippen LogP contribution in [0.5, 0.6) is 5.75 Å². The number of rotatable bonds is 5. The smallest absolute Gasteiger partial charge is 0.118 e. The van der Waals surface area contributed by atoms with Gasteiger partial charge in [0.25, 0.3) is 0 Å². The Morgan fingerprint density at radius 2 is 1.68 bits per heavy atom. The molecule has 1 atom stereocenters. The highest BCUT2D eigenvalue weighted by Gasteiger charge is 2.03. The molecule has 2 rings (SSSR count). The number of hydrogen-bond acceptors (Lipinski definition) is 1. The van der Waals surface area contributed by atoms with Crippen LogP contribution in [0.15, 0.2) is 60.7 Å². The van der Waals surface area contributed by atoms with Crippen molar-refractivity contribution < 1.29 is 4.74 Å². The van der Waals surface area contributed by atoms with Gasteiger partial charge in [-0.05, 0) is 29.7 Å². The van der Waals surface area contributed by atoms with Crippen LogP contribution in [-0.2, 0) is 0 Å². The molecule has 0 radical (unpaired) electrons. The van der Waals surface area contributed by atoms with Crippen LogP contribution in [-0.4, -0.2) is 7.11 Å². The Morgan fingerprint density at radius 1 is 1.00 bits per heavy atom. The second kappa shape index (κ2) is 6.79. The molecule has 0 bridgehead atoms. The average Bonchev–Trinajstić information content (AvgIpc) is 2.49. The molecule has 0 unspecified atom stereocenters. The van der Waals surface area contributed by atoms with Gasteiger partial charge in [0.1, 0.15) is 5.75 Å². The first-order chi connectivity index (χ1) is 9.33. The van der Waals surface area contributed by atoms with Crippen LogP contribution in [0.2, 0.25) is 0 Å². The summed E-state index contributed by atoms with van der Waals surface area (Å²) >= 11 is 0. The van der Waals surface area contributed by atoms with Gasteiger partial charge in [-0.15, -0.1) is 0 Å². The first-order valence-corrected chi connectivity index (χ1v) is 6.70. The Morgan fingerprint density at radius 3 is 2.26 bits per heavy atom. The van der Waals surface area contributed by atoms with E-state index >= 15 is 0 Å². The van der Waals surface area contributed by atoms with E-state index < -0.39 is 0 Å². The minimum Gasteiger partial charge on any atom is -0.497 e. The van der Waals surface area contributed by atoms with Crippen molar-refractivity contribution in [1.82, 2.24) is 0 Å².